The van der Waals surface area contributed by atoms with Crippen LogP contribution in [0.15, 0.2) is 27.4 Å². The molecule has 1 amide bonds. The number of aliphatic hydroxyl groups is 1. The van der Waals surface area contributed by atoms with E-state index >= 15 is 0 Å². The molecule has 0 aliphatic rings. The Morgan fingerprint density at radius 3 is 2.86 bits per heavy atom. The van der Waals surface area contributed by atoms with Gasteiger partial charge in [0.2, 0.25) is 0 Å². The molecule has 0 aliphatic heterocycles. The molecule has 0 spiro atoms. The zero-order chi connectivity index (χ0) is 15.6. The number of nitrogens with one attached hydrogen (secondary N) is 1. The van der Waals surface area contributed by atoms with Gasteiger partial charge in [-0.1, -0.05) is 0 Å². The van der Waals surface area contributed by atoms with Crippen molar-refractivity contribution >= 4 is 21.8 Å². The zero-order valence-electron chi connectivity index (χ0n) is 10.9. The van der Waals surface area contributed by atoms with Gasteiger partial charge in [-0.25, -0.2) is 13.8 Å². The number of hydrogen-bond donors (Lipinski definition) is 2. The first-order valence-corrected chi connectivity index (χ1v) is 6.74. The Balaban J connectivity index is 2.42. The fourth-order valence-electron chi connectivity index (χ4n) is 1.64. The van der Waals surface area contributed by atoms with E-state index in [1.54, 1.807) is 6.92 Å². The summed E-state index contributed by atoms with van der Waals surface area (Å²) in [4.78, 5) is 15.7. The predicted molar refractivity (Wildman–Crippen MR) is 73.6 cm³/mol. The minimum atomic E-state index is -1.15. The van der Waals surface area contributed by atoms with Crippen LogP contribution in [-0.4, -0.2) is 28.6 Å². The molecule has 1 atom stereocenters. The summed E-state index contributed by atoms with van der Waals surface area (Å²) in [6.45, 7) is 1.32. The second kappa shape index (κ2) is 6.31. The molecule has 0 aliphatic carbocycles. The molecule has 1 aromatic heterocycles. The highest BCUT2D eigenvalue weighted by Crippen LogP contribution is 2.30. The van der Waals surface area contributed by atoms with E-state index < -0.39 is 23.6 Å². The molecule has 21 heavy (non-hydrogen) atoms. The van der Waals surface area contributed by atoms with Crippen LogP contribution in [0.5, 0.6) is 0 Å². The molecule has 0 bridgehead atoms. The summed E-state index contributed by atoms with van der Waals surface area (Å²) in [5.41, 5.74) is -0.397. The topological polar surface area (TPSA) is 75.4 Å². The third kappa shape index (κ3) is 3.11. The summed E-state index contributed by atoms with van der Waals surface area (Å²) in [7, 11) is 0. The lowest BCUT2D eigenvalue weighted by Gasteiger charge is -2.10. The number of nitrogens with zero attached hydrogens (tertiary/aromatic N) is 1. The molecule has 2 aromatic rings. The smallest absolute Gasteiger partial charge is 0.274 e. The molecule has 0 fully saturated rings. The summed E-state index contributed by atoms with van der Waals surface area (Å²) < 4.78 is 32.5. The maximum absolute atomic E-state index is 13.9. The van der Waals surface area contributed by atoms with E-state index in [-0.39, 0.29) is 28.1 Å². The van der Waals surface area contributed by atoms with Crippen molar-refractivity contribution in [2.45, 2.75) is 13.0 Å². The number of aliphatic hydroxyl groups excluding tert-OH is 1. The molecule has 0 saturated carbocycles. The first-order valence-electron chi connectivity index (χ1n) is 5.94. The second-order valence-electron chi connectivity index (χ2n) is 4.31. The fraction of sp³-hybridized carbons (Fsp3) is 0.231. The number of rotatable bonds is 4. The standard InChI is InChI=1S/C13H11BrF2N2O3/c1-6(4-19)18-13(20)11-12(21-5-17-11)7-2-3-8(14)10(16)9(7)15/h2-3,5-6,19H,4H2,1H3,(H,18,20)/t6-/m0/s1. The van der Waals surface area contributed by atoms with Gasteiger partial charge < -0.3 is 14.8 Å². The van der Waals surface area contributed by atoms with Gasteiger partial charge in [-0.15, -0.1) is 0 Å². The summed E-state index contributed by atoms with van der Waals surface area (Å²) in [6.07, 6.45) is 0.966. The number of amides is 1. The highest BCUT2D eigenvalue weighted by molar-refractivity contribution is 9.10. The van der Waals surface area contributed by atoms with Crippen molar-refractivity contribution in [3.05, 3.63) is 40.3 Å². The van der Waals surface area contributed by atoms with Crippen molar-refractivity contribution < 1.29 is 23.1 Å². The van der Waals surface area contributed by atoms with Gasteiger partial charge in [0.25, 0.3) is 5.91 Å². The Labute approximate surface area is 127 Å². The minimum Gasteiger partial charge on any atom is -0.443 e. The van der Waals surface area contributed by atoms with Crippen molar-refractivity contribution in [3.8, 4) is 11.3 Å². The van der Waals surface area contributed by atoms with E-state index in [0.29, 0.717) is 0 Å². The normalized spacial score (nSPS) is 12.2. The number of carbonyl (C=O) groups is 1. The Kier molecular flexibility index (Phi) is 4.69. The van der Waals surface area contributed by atoms with Crippen LogP contribution in [0, 0.1) is 11.6 Å². The zero-order valence-corrected chi connectivity index (χ0v) is 12.4. The van der Waals surface area contributed by atoms with E-state index in [1.165, 1.54) is 12.1 Å². The molecule has 0 saturated heterocycles. The van der Waals surface area contributed by atoms with Crippen LogP contribution in [0.3, 0.4) is 0 Å². The van der Waals surface area contributed by atoms with E-state index in [1.807, 2.05) is 0 Å². The Morgan fingerprint density at radius 1 is 1.48 bits per heavy atom. The number of halogens is 3. The lowest BCUT2D eigenvalue weighted by Crippen LogP contribution is -2.35. The molecule has 0 radical (unpaired) electrons. The van der Waals surface area contributed by atoms with Crippen molar-refractivity contribution in [1.82, 2.24) is 10.3 Å². The van der Waals surface area contributed by atoms with Crippen LogP contribution < -0.4 is 5.32 Å². The highest BCUT2D eigenvalue weighted by atomic mass is 79.9. The van der Waals surface area contributed by atoms with Gasteiger partial charge in [0.1, 0.15) is 0 Å². The molecule has 8 heteroatoms. The average Bonchev–Trinajstić information content (AvgIpc) is 2.94. The summed E-state index contributed by atoms with van der Waals surface area (Å²) in [5, 5.41) is 11.4. The lowest BCUT2D eigenvalue weighted by atomic mass is 10.1. The van der Waals surface area contributed by atoms with Crippen molar-refractivity contribution in [1.29, 1.82) is 0 Å². The van der Waals surface area contributed by atoms with Crippen LogP contribution in [0.2, 0.25) is 0 Å². The van der Waals surface area contributed by atoms with E-state index in [4.69, 9.17) is 9.52 Å². The number of benzene rings is 1. The second-order valence-corrected chi connectivity index (χ2v) is 5.16. The van der Waals surface area contributed by atoms with Gasteiger partial charge in [-0.05, 0) is 35.0 Å². The Bertz CT molecular complexity index is 675. The minimum absolute atomic E-state index is 0.0387. The number of aromatic nitrogens is 1. The van der Waals surface area contributed by atoms with Gasteiger partial charge in [-0.2, -0.15) is 0 Å². The summed E-state index contributed by atoms with van der Waals surface area (Å²) in [5.74, 6) is -3.06. The average molecular weight is 361 g/mol. The molecular formula is C13H11BrF2N2O3. The van der Waals surface area contributed by atoms with Crippen molar-refractivity contribution in [2.75, 3.05) is 6.61 Å². The van der Waals surface area contributed by atoms with Crippen LogP contribution in [0.4, 0.5) is 8.78 Å². The lowest BCUT2D eigenvalue weighted by molar-refractivity contribution is 0.0918. The van der Waals surface area contributed by atoms with Crippen molar-refractivity contribution in [2.24, 2.45) is 0 Å². The van der Waals surface area contributed by atoms with E-state index in [2.05, 4.69) is 26.2 Å². The van der Waals surface area contributed by atoms with Crippen LogP contribution in [0.1, 0.15) is 17.4 Å². The van der Waals surface area contributed by atoms with E-state index in [0.717, 1.165) is 6.39 Å². The summed E-state index contributed by atoms with van der Waals surface area (Å²) in [6, 6.07) is 2.07. The van der Waals surface area contributed by atoms with Gasteiger partial charge in [0.05, 0.1) is 16.6 Å². The van der Waals surface area contributed by atoms with Gasteiger partial charge in [-0.3, -0.25) is 4.79 Å². The summed E-state index contributed by atoms with van der Waals surface area (Å²) >= 11 is 2.86. The quantitative estimate of drug-likeness (QED) is 0.821. The predicted octanol–water partition coefficient (Wildman–Crippen LogP) is 2.49. The fourth-order valence-corrected chi connectivity index (χ4v) is 1.94. The van der Waals surface area contributed by atoms with E-state index in [9.17, 15) is 13.6 Å². The maximum Gasteiger partial charge on any atom is 0.274 e. The molecule has 5 nitrogen and oxygen atoms in total. The molecule has 112 valence electrons. The van der Waals surface area contributed by atoms with Gasteiger partial charge in [0, 0.05) is 6.04 Å². The highest BCUT2D eigenvalue weighted by Gasteiger charge is 2.24. The Hall–Kier alpha value is -1.80. The first kappa shape index (κ1) is 15.6. The monoisotopic (exact) mass is 360 g/mol. The molecule has 0 unspecified atom stereocenters. The number of hydrogen-bond acceptors (Lipinski definition) is 4. The molecule has 1 aromatic carbocycles. The third-order valence-corrected chi connectivity index (χ3v) is 3.33. The number of carbonyl (C=O) groups excluding carboxylic acids is 1. The third-order valence-electron chi connectivity index (χ3n) is 2.71. The van der Waals surface area contributed by atoms with Gasteiger partial charge in [0.15, 0.2) is 29.5 Å². The molecule has 2 N–H and O–H groups in total. The molecule has 2 rings (SSSR count). The largest absolute Gasteiger partial charge is 0.443 e. The van der Waals surface area contributed by atoms with Crippen LogP contribution >= 0.6 is 15.9 Å². The number of oxazole rings is 1. The molecular weight excluding hydrogens is 350 g/mol. The Morgan fingerprint density at radius 2 is 2.19 bits per heavy atom. The van der Waals surface area contributed by atoms with Crippen LogP contribution in [0.25, 0.3) is 11.3 Å². The van der Waals surface area contributed by atoms with Gasteiger partial charge >= 0.3 is 0 Å². The first-order chi connectivity index (χ1) is 9.95. The van der Waals surface area contributed by atoms with Crippen LogP contribution in [-0.2, 0) is 0 Å². The molecule has 1 heterocycles. The van der Waals surface area contributed by atoms with Crippen molar-refractivity contribution in [3.63, 3.8) is 0 Å². The maximum atomic E-state index is 13.9. The SMILES string of the molecule is C[C@@H](CO)NC(=O)c1ncoc1-c1ccc(Br)c(F)c1F.